The largest absolute Gasteiger partial charge is 0.381 e. The predicted molar refractivity (Wildman–Crippen MR) is 295 cm³/mol. The van der Waals surface area contributed by atoms with Crippen molar-refractivity contribution in [2.75, 3.05) is 87.8 Å². The normalized spacial score (nSPS) is 23.6. The second-order valence-corrected chi connectivity index (χ2v) is 22.2. The Kier molecular flexibility index (Phi) is 18.3. The summed E-state index contributed by atoms with van der Waals surface area (Å²) in [6, 6.07) is 15.3. The number of para-hydroxylation sites is 1. The number of halogens is 4. The minimum atomic E-state index is -1.90. The molecule has 0 bridgehead atoms. The second kappa shape index (κ2) is 25.1. The summed E-state index contributed by atoms with van der Waals surface area (Å²) in [5, 5.41) is 17.2. The number of Topliss-reactive ketones (excluding diaryl/α,β-unsaturated/α-hetero) is 1. The lowest BCUT2D eigenvalue weighted by Gasteiger charge is -2.46. The summed E-state index contributed by atoms with van der Waals surface area (Å²) in [6.07, 6.45) is 1.29. The van der Waals surface area contributed by atoms with Gasteiger partial charge in [-0.3, -0.25) is 43.0 Å². The van der Waals surface area contributed by atoms with Crippen LogP contribution in [-0.2, 0) is 56.6 Å². The summed E-state index contributed by atoms with van der Waals surface area (Å²) in [5.74, 6) is -6.70. The number of morpholine rings is 1. The topological polar surface area (TPSA) is 206 Å². The van der Waals surface area contributed by atoms with Gasteiger partial charge in [0.2, 0.25) is 23.6 Å². The molecule has 4 aromatic rings. The summed E-state index contributed by atoms with van der Waals surface area (Å²) in [5.41, 5.74) is 0.701. The molecule has 5 amide bonds. The van der Waals surface area contributed by atoms with Gasteiger partial charge in [0.05, 0.1) is 44.1 Å². The number of hydrogen-bond acceptors (Lipinski definition) is 13. The van der Waals surface area contributed by atoms with E-state index in [1.54, 1.807) is 44.3 Å². The molecule has 9 rings (SSSR count). The molecule has 5 aliphatic rings. The molecule has 0 radical (unpaired) electrons. The standard InChI is InChI=1S/C58H70ClF3N10O8/c1-33-28-70(43(26-64-33)30-69-19-22-80-31-34(69)2)36(4)53(74)58(32-72(59)48-24-38(11-16-45(48)58)23-37-9-13-41(60)14-10-37)57(78)65-27-49(73)66-42-15-12-40-29-71(52(44(40)25-42)55(76)68-51-46(61)7-6-8-47(51)62)56(77)50(39-17-20-79-21-18-39)67-54(75)35(3)63-5/h6-16,24-25,33-36,39,43,50,52,63-64H,17-23,26-32H2,1-5H3,(H,65,78)(H,66,73)(H,67,75)(H,68,76)/t33-,34-,35+,36?,43-,50+,52+,58?/m1/s1. The lowest BCUT2D eigenvalue weighted by atomic mass is 9.74. The fraction of sp³-hybridized carbons (Fsp3) is 0.483. The molecule has 0 aromatic heterocycles. The van der Waals surface area contributed by atoms with E-state index < -0.39 is 88.8 Å². The first-order chi connectivity index (χ1) is 38.4. The van der Waals surface area contributed by atoms with E-state index in [4.69, 9.17) is 21.3 Å². The van der Waals surface area contributed by atoms with Gasteiger partial charge in [-0.25, -0.2) is 13.2 Å². The summed E-state index contributed by atoms with van der Waals surface area (Å²) >= 11 is 7.05. The second-order valence-electron chi connectivity index (χ2n) is 21.7. The summed E-state index contributed by atoms with van der Waals surface area (Å²) in [4.78, 5) is 93.3. The molecular formula is C58H70ClF3N10O8. The Morgan fingerprint density at radius 1 is 0.875 bits per heavy atom. The number of anilines is 3. The Bertz CT molecular complexity index is 2950. The number of fused-ring (bicyclic) bond motifs is 2. The number of ketones is 1. The number of ether oxygens (including phenoxy) is 2. The van der Waals surface area contributed by atoms with Crippen molar-refractivity contribution in [2.45, 2.75) is 101 Å². The molecule has 5 aliphatic heterocycles. The average molecular weight is 1130 g/mol. The van der Waals surface area contributed by atoms with Crippen molar-refractivity contribution in [3.8, 4) is 0 Å². The third-order valence-electron chi connectivity index (χ3n) is 16.4. The Labute approximate surface area is 468 Å². The van der Waals surface area contributed by atoms with Crippen LogP contribution in [0.2, 0.25) is 0 Å². The van der Waals surface area contributed by atoms with Gasteiger partial charge < -0.3 is 46.3 Å². The highest BCUT2D eigenvalue weighted by molar-refractivity contribution is 6.30. The Balaban J connectivity index is 0.986. The van der Waals surface area contributed by atoms with Crippen LogP contribution in [0.15, 0.2) is 78.9 Å². The smallest absolute Gasteiger partial charge is 0.252 e. The maximum Gasteiger partial charge on any atom is 0.252 e. The van der Waals surface area contributed by atoms with Crippen molar-refractivity contribution < 1.29 is 51.4 Å². The number of piperazine rings is 1. The van der Waals surface area contributed by atoms with E-state index in [1.165, 1.54) is 27.5 Å². The first-order valence-corrected chi connectivity index (χ1v) is 27.7. The number of nitrogens with zero attached hydrogens (tertiary/aromatic N) is 4. The monoisotopic (exact) mass is 1130 g/mol. The molecule has 22 heteroatoms. The predicted octanol–water partition coefficient (Wildman–Crippen LogP) is 4.54. The highest BCUT2D eigenvalue weighted by Crippen LogP contribution is 2.45. The van der Waals surface area contributed by atoms with Crippen LogP contribution in [-0.4, -0.2) is 159 Å². The minimum absolute atomic E-state index is 0.0303. The molecular weight excluding hydrogens is 1060 g/mol. The van der Waals surface area contributed by atoms with E-state index in [0.29, 0.717) is 82.1 Å². The number of carbonyl (C=O) groups is 6. The zero-order valence-corrected chi connectivity index (χ0v) is 46.3. The highest BCUT2D eigenvalue weighted by Gasteiger charge is 2.57. The van der Waals surface area contributed by atoms with Crippen LogP contribution in [0.5, 0.6) is 0 Å². The molecule has 18 nitrogen and oxygen atoms in total. The summed E-state index contributed by atoms with van der Waals surface area (Å²) < 4.78 is 56.7. The first-order valence-electron chi connectivity index (χ1n) is 27.3. The fourth-order valence-corrected chi connectivity index (χ4v) is 12.1. The molecule has 6 N–H and O–H groups in total. The van der Waals surface area contributed by atoms with Crippen LogP contribution in [0.25, 0.3) is 0 Å². The van der Waals surface area contributed by atoms with Gasteiger partial charge in [-0.15, -0.1) is 0 Å². The van der Waals surface area contributed by atoms with Crippen molar-refractivity contribution in [1.82, 2.24) is 36.0 Å². The fourth-order valence-electron chi connectivity index (χ4n) is 11.8. The number of benzene rings is 4. The molecule has 4 aromatic carbocycles. The van der Waals surface area contributed by atoms with Gasteiger partial charge in [-0.1, -0.05) is 36.4 Å². The van der Waals surface area contributed by atoms with Crippen molar-refractivity contribution in [3.05, 3.63) is 124 Å². The van der Waals surface area contributed by atoms with Gasteiger partial charge in [-0.2, -0.15) is 0 Å². The SMILES string of the molecule is CN[C@@H](C)C(=O)N[C@H](C(=O)N1Cc2ccc(NC(=O)CNC(=O)C3(C(=O)C(C)N4C[C@@H](C)NC[C@@H]4CN4CCOC[C@H]4C)CN(Cl)c4cc(Cc5ccc(F)cc5)ccc43)cc2[C@H]1C(=O)Nc1c(F)cccc1F)C1CCOCC1. The maximum atomic E-state index is 15.6. The number of rotatable bonds is 18. The van der Waals surface area contributed by atoms with E-state index in [2.05, 4.69) is 48.6 Å². The van der Waals surface area contributed by atoms with E-state index in [9.17, 15) is 23.6 Å². The number of carbonyl (C=O) groups excluding carboxylic acids is 6. The van der Waals surface area contributed by atoms with Crippen molar-refractivity contribution in [1.29, 1.82) is 0 Å². The Morgan fingerprint density at radius 2 is 1.60 bits per heavy atom. The maximum absolute atomic E-state index is 15.6. The Hall–Kier alpha value is -6.46. The van der Waals surface area contributed by atoms with E-state index >= 15 is 18.4 Å². The quantitative estimate of drug-likeness (QED) is 0.0599. The molecule has 3 fully saturated rings. The van der Waals surface area contributed by atoms with Crippen molar-refractivity contribution >= 4 is 64.2 Å². The first kappa shape index (κ1) is 58.2. The zero-order valence-electron chi connectivity index (χ0n) is 45.6. The van der Waals surface area contributed by atoms with E-state index in [0.717, 1.165) is 35.9 Å². The number of likely N-dealkylation sites (N-methyl/N-ethyl adjacent to an activating group) is 1. The van der Waals surface area contributed by atoms with Gasteiger partial charge in [0, 0.05) is 87.1 Å². The van der Waals surface area contributed by atoms with Crippen molar-refractivity contribution in [2.24, 2.45) is 5.92 Å². The van der Waals surface area contributed by atoms with Crippen LogP contribution in [0.1, 0.15) is 74.4 Å². The molecule has 0 aliphatic carbocycles. The summed E-state index contributed by atoms with van der Waals surface area (Å²) in [6.45, 7) is 11.0. The summed E-state index contributed by atoms with van der Waals surface area (Å²) in [7, 11) is 1.60. The van der Waals surface area contributed by atoms with Crippen LogP contribution in [0, 0.1) is 23.4 Å². The van der Waals surface area contributed by atoms with Crippen LogP contribution in [0.3, 0.4) is 0 Å². The molecule has 0 saturated carbocycles. The number of hydrogen-bond donors (Lipinski definition) is 6. The van der Waals surface area contributed by atoms with Crippen LogP contribution >= 0.6 is 11.8 Å². The number of amides is 5. The van der Waals surface area contributed by atoms with Gasteiger partial charge in [0.15, 0.2) is 11.2 Å². The van der Waals surface area contributed by atoms with Crippen LogP contribution < -0.4 is 36.3 Å². The van der Waals surface area contributed by atoms with Gasteiger partial charge in [0.1, 0.15) is 35.2 Å². The molecule has 2 unspecified atom stereocenters. The molecule has 3 saturated heterocycles. The van der Waals surface area contributed by atoms with Gasteiger partial charge in [0.25, 0.3) is 5.91 Å². The lowest BCUT2D eigenvalue weighted by Crippen LogP contribution is -2.66. The molecule has 8 atom stereocenters. The minimum Gasteiger partial charge on any atom is -0.381 e. The Morgan fingerprint density at radius 3 is 2.31 bits per heavy atom. The van der Waals surface area contributed by atoms with Gasteiger partial charge in [-0.05, 0) is 125 Å². The number of nitrogens with one attached hydrogen (secondary N) is 6. The van der Waals surface area contributed by atoms with Crippen LogP contribution in [0.4, 0.5) is 30.2 Å². The molecule has 80 heavy (non-hydrogen) atoms. The lowest BCUT2D eigenvalue weighted by molar-refractivity contribution is -0.144. The zero-order chi connectivity index (χ0) is 57.0. The third-order valence-corrected chi connectivity index (χ3v) is 16.7. The molecule has 0 spiro atoms. The average Bonchev–Trinajstić information content (AvgIpc) is 4.03. The molecule has 428 valence electrons. The van der Waals surface area contributed by atoms with Crippen molar-refractivity contribution in [3.63, 3.8) is 0 Å². The van der Waals surface area contributed by atoms with Gasteiger partial charge >= 0.3 is 0 Å². The van der Waals surface area contributed by atoms with E-state index in [1.807, 2.05) is 26.0 Å². The molecule has 5 heterocycles. The third kappa shape index (κ3) is 12.4. The van der Waals surface area contributed by atoms with E-state index in [-0.39, 0.29) is 54.2 Å². The highest BCUT2D eigenvalue weighted by atomic mass is 35.5.